The first kappa shape index (κ1) is 13.2. The predicted molar refractivity (Wildman–Crippen MR) is 65.0 cm³/mol. The Bertz CT molecular complexity index is 420. The van der Waals surface area contributed by atoms with E-state index in [4.69, 9.17) is 9.26 Å². The molecule has 0 bridgehead atoms. The quantitative estimate of drug-likeness (QED) is 0.804. The van der Waals surface area contributed by atoms with Gasteiger partial charge in [0.1, 0.15) is 11.4 Å². The van der Waals surface area contributed by atoms with E-state index in [-0.39, 0.29) is 18.1 Å². The van der Waals surface area contributed by atoms with Crippen molar-refractivity contribution < 1.29 is 14.1 Å². The molecule has 0 spiro atoms. The second-order valence-corrected chi connectivity index (χ2v) is 5.35. The number of aromatic nitrogens is 2. The highest BCUT2D eigenvalue weighted by Crippen LogP contribution is 2.27. The number of ketones is 1. The van der Waals surface area contributed by atoms with E-state index in [0.29, 0.717) is 11.7 Å². The Hall–Kier alpha value is -1.23. The number of carbonyl (C=O) groups excluding carboxylic acids is 1. The first-order valence-corrected chi connectivity index (χ1v) is 6.44. The minimum atomic E-state index is -0.585. The lowest BCUT2D eigenvalue weighted by atomic mass is 10.0. The van der Waals surface area contributed by atoms with Gasteiger partial charge < -0.3 is 9.26 Å². The fourth-order valence-corrected chi connectivity index (χ4v) is 2.20. The topological polar surface area (TPSA) is 65.2 Å². The van der Waals surface area contributed by atoms with Gasteiger partial charge in [-0.1, -0.05) is 18.0 Å². The molecule has 1 aliphatic carbocycles. The highest BCUT2D eigenvalue weighted by atomic mass is 16.5. The van der Waals surface area contributed by atoms with Gasteiger partial charge in [-0.15, -0.1) is 0 Å². The lowest BCUT2D eigenvalue weighted by Gasteiger charge is -2.17. The summed E-state index contributed by atoms with van der Waals surface area (Å²) in [7, 11) is 1.60. The van der Waals surface area contributed by atoms with E-state index in [1.165, 1.54) is 0 Å². The van der Waals surface area contributed by atoms with Crippen molar-refractivity contribution in [2.75, 3.05) is 7.11 Å². The van der Waals surface area contributed by atoms with Crippen LogP contribution in [0.15, 0.2) is 4.52 Å². The Morgan fingerprint density at radius 3 is 2.72 bits per heavy atom. The molecule has 0 aromatic carbocycles. The molecule has 0 atom stereocenters. The number of hydrogen-bond acceptors (Lipinski definition) is 5. The van der Waals surface area contributed by atoms with Crippen LogP contribution < -0.4 is 0 Å². The number of ether oxygens (including phenoxy) is 1. The molecule has 0 N–H and O–H groups in total. The van der Waals surface area contributed by atoms with Crippen molar-refractivity contribution in [1.29, 1.82) is 0 Å². The second kappa shape index (κ2) is 5.18. The largest absolute Gasteiger partial charge is 0.371 e. The normalized spacial score (nSPS) is 17.3. The lowest BCUT2D eigenvalue weighted by Crippen LogP contribution is -2.21. The summed E-state index contributed by atoms with van der Waals surface area (Å²) < 4.78 is 10.4. The average molecular weight is 252 g/mol. The van der Waals surface area contributed by atoms with Crippen LogP contribution in [0, 0.1) is 5.92 Å². The fourth-order valence-electron chi connectivity index (χ4n) is 2.20. The number of carbonyl (C=O) groups is 1. The highest BCUT2D eigenvalue weighted by Gasteiger charge is 2.28. The van der Waals surface area contributed by atoms with E-state index in [9.17, 15) is 4.79 Å². The van der Waals surface area contributed by atoms with Crippen molar-refractivity contribution in [1.82, 2.24) is 10.1 Å². The molecule has 0 aliphatic heterocycles. The van der Waals surface area contributed by atoms with Crippen LogP contribution in [-0.2, 0) is 21.6 Å². The Morgan fingerprint density at radius 2 is 2.11 bits per heavy atom. The fraction of sp³-hybridized carbons (Fsp3) is 0.769. The van der Waals surface area contributed by atoms with Crippen LogP contribution in [0.4, 0.5) is 0 Å². The summed E-state index contributed by atoms with van der Waals surface area (Å²) in [4.78, 5) is 16.2. The molecular weight excluding hydrogens is 232 g/mol. The molecule has 5 heteroatoms. The molecule has 1 heterocycles. The molecule has 0 unspecified atom stereocenters. The summed E-state index contributed by atoms with van der Waals surface area (Å²) in [5.74, 6) is 1.29. The van der Waals surface area contributed by atoms with Crippen molar-refractivity contribution in [2.45, 2.75) is 51.6 Å². The number of rotatable bonds is 5. The van der Waals surface area contributed by atoms with Crippen molar-refractivity contribution >= 4 is 5.78 Å². The molecule has 1 aliphatic rings. The van der Waals surface area contributed by atoms with Gasteiger partial charge in [0.15, 0.2) is 0 Å². The van der Waals surface area contributed by atoms with Gasteiger partial charge in [0.25, 0.3) is 0 Å². The molecule has 1 aromatic rings. The van der Waals surface area contributed by atoms with Crippen LogP contribution in [0.1, 0.15) is 51.2 Å². The summed E-state index contributed by atoms with van der Waals surface area (Å²) in [5.41, 5.74) is -0.585. The molecule has 18 heavy (non-hydrogen) atoms. The lowest BCUT2D eigenvalue weighted by molar-refractivity contribution is -0.122. The van der Waals surface area contributed by atoms with E-state index in [0.717, 1.165) is 25.7 Å². The van der Waals surface area contributed by atoms with Crippen LogP contribution >= 0.6 is 0 Å². The maximum atomic E-state index is 12.0. The monoisotopic (exact) mass is 252 g/mol. The van der Waals surface area contributed by atoms with Gasteiger partial charge in [-0.25, -0.2) is 0 Å². The van der Waals surface area contributed by atoms with Crippen LogP contribution in [0.3, 0.4) is 0 Å². The van der Waals surface area contributed by atoms with Gasteiger partial charge in [0.2, 0.25) is 11.7 Å². The van der Waals surface area contributed by atoms with Crippen LogP contribution in [0.5, 0.6) is 0 Å². The van der Waals surface area contributed by atoms with Crippen molar-refractivity contribution in [3.63, 3.8) is 0 Å². The molecule has 100 valence electrons. The van der Waals surface area contributed by atoms with Crippen LogP contribution in [-0.4, -0.2) is 23.0 Å². The third kappa shape index (κ3) is 2.77. The zero-order valence-corrected chi connectivity index (χ0v) is 11.2. The molecule has 1 fully saturated rings. The maximum absolute atomic E-state index is 12.0. The summed E-state index contributed by atoms with van der Waals surface area (Å²) in [6.45, 7) is 3.72. The summed E-state index contributed by atoms with van der Waals surface area (Å²) >= 11 is 0. The van der Waals surface area contributed by atoms with Gasteiger partial charge >= 0.3 is 0 Å². The molecule has 1 aromatic heterocycles. The molecule has 5 nitrogen and oxygen atoms in total. The number of hydrogen-bond donors (Lipinski definition) is 0. The Labute approximate surface area is 107 Å². The first-order valence-electron chi connectivity index (χ1n) is 6.44. The van der Waals surface area contributed by atoms with Crippen LogP contribution in [0.2, 0.25) is 0 Å². The smallest absolute Gasteiger partial charge is 0.234 e. The van der Waals surface area contributed by atoms with Gasteiger partial charge in [-0.05, 0) is 26.7 Å². The third-order valence-corrected chi connectivity index (χ3v) is 3.65. The second-order valence-electron chi connectivity index (χ2n) is 5.35. The van der Waals surface area contributed by atoms with Gasteiger partial charge in [0, 0.05) is 13.0 Å². The average Bonchev–Trinajstić information content (AvgIpc) is 2.99. The Morgan fingerprint density at radius 1 is 1.44 bits per heavy atom. The molecule has 0 radical (unpaired) electrons. The van der Waals surface area contributed by atoms with Gasteiger partial charge in [0.05, 0.1) is 6.42 Å². The van der Waals surface area contributed by atoms with Gasteiger partial charge in [-0.3, -0.25) is 4.79 Å². The van der Waals surface area contributed by atoms with Crippen molar-refractivity contribution in [3.8, 4) is 0 Å². The zero-order chi connectivity index (χ0) is 13.2. The maximum Gasteiger partial charge on any atom is 0.234 e. The van der Waals surface area contributed by atoms with Crippen molar-refractivity contribution in [2.24, 2.45) is 5.92 Å². The minimum absolute atomic E-state index is 0.191. The molecule has 0 saturated heterocycles. The number of nitrogens with zero attached hydrogens (tertiary/aromatic N) is 2. The van der Waals surface area contributed by atoms with E-state index in [1.807, 2.05) is 13.8 Å². The van der Waals surface area contributed by atoms with E-state index < -0.39 is 5.60 Å². The van der Waals surface area contributed by atoms with Gasteiger partial charge in [-0.2, -0.15) is 4.98 Å². The van der Waals surface area contributed by atoms with Crippen LogP contribution in [0.25, 0.3) is 0 Å². The Kier molecular flexibility index (Phi) is 3.80. The molecule has 1 saturated carbocycles. The van der Waals surface area contributed by atoms with E-state index in [1.54, 1.807) is 7.11 Å². The van der Waals surface area contributed by atoms with Crippen molar-refractivity contribution in [3.05, 3.63) is 11.7 Å². The predicted octanol–water partition coefficient (Wildman–Crippen LogP) is 2.25. The standard InChI is InChI=1S/C13H20N2O3/c1-13(2,17-3)12-14-11(18-15-12)8-10(16)9-6-4-5-7-9/h9H,4-8H2,1-3H3. The summed E-state index contributed by atoms with van der Waals surface area (Å²) in [6.07, 6.45) is 4.56. The molecule has 2 rings (SSSR count). The van der Waals surface area contributed by atoms with E-state index in [2.05, 4.69) is 10.1 Å². The van der Waals surface area contributed by atoms with E-state index >= 15 is 0 Å². The zero-order valence-electron chi connectivity index (χ0n) is 11.2. The Balaban J connectivity index is 2.00. The number of methoxy groups -OCH3 is 1. The minimum Gasteiger partial charge on any atom is -0.371 e. The number of Topliss-reactive ketones (excluding diaryl/α,β-unsaturated/α-hetero) is 1. The summed E-state index contributed by atoms with van der Waals surface area (Å²) in [5, 5.41) is 3.88. The molecular formula is C13H20N2O3. The SMILES string of the molecule is COC(C)(C)c1noc(CC(=O)C2CCCC2)n1. The third-order valence-electron chi connectivity index (χ3n) is 3.65. The first-order chi connectivity index (χ1) is 8.53. The summed E-state index contributed by atoms with van der Waals surface area (Å²) in [6, 6.07) is 0. The molecule has 0 amide bonds. The highest BCUT2D eigenvalue weighted by molar-refractivity contribution is 5.82.